The van der Waals surface area contributed by atoms with E-state index >= 15 is 0 Å². The first-order valence-corrected chi connectivity index (χ1v) is 6.03. The van der Waals surface area contributed by atoms with Crippen LogP contribution in [0.25, 0.3) is 22.2 Å². The van der Waals surface area contributed by atoms with Crippen molar-refractivity contribution < 1.29 is 26.9 Å². The zero-order valence-corrected chi connectivity index (χ0v) is 11.5. The van der Waals surface area contributed by atoms with Gasteiger partial charge in [0.25, 0.3) is 0 Å². The van der Waals surface area contributed by atoms with Crippen molar-refractivity contribution >= 4 is 11.0 Å². The lowest BCUT2D eigenvalue weighted by molar-refractivity contribution is -0.375. The Morgan fingerprint density at radius 1 is 1.40 bits per heavy atom. The lowest BCUT2D eigenvalue weighted by atomic mass is 10.1. The van der Waals surface area contributed by atoms with Crippen molar-refractivity contribution in [2.24, 2.45) is 0 Å². The van der Waals surface area contributed by atoms with Gasteiger partial charge in [0.15, 0.2) is 5.69 Å². The molecular formula is C14H13ClN2O3. The molecule has 104 valence electrons. The second-order valence-corrected chi connectivity index (χ2v) is 4.32. The molecule has 0 amide bonds. The predicted molar refractivity (Wildman–Crippen MR) is 69.9 cm³/mol. The first-order valence-electron chi connectivity index (χ1n) is 6.03. The van der Waals surface area contributed by atoms with Gasteiger partial charge in [-0.05, 0) is 18.1 Å². The Bertz CT molecular complexity index is 794. The molecule has 6 heteroatoms. The molecule has 0 aliphatic rings. The number of halogens is 1. The molecule has 3 rings (SSSR count). The number of aromatic amines is 2. The van der Waals surface area contributed by atoms with Gasteiger partial charge in [-0.25, -0.2) is 9.97 Å². The summed E-state index contributed by atoms with van der Waals surface area (Å²) in [6, 6.07) is 3.17. The van der Waals surface area contributed by atoms with Crippen LogP contribution < -0.4 is 22.8 Å². The van der Waals surface area contributed by atoms with Gasteiger partial charge >= 0.3 is 0 Å². The highest BCUT2D eigenvalue weighted by molar-refractivity contribution is 5.82. The molecule has 0 spiro atoms. The second-order valence-electron chi connectivity index (χ2n) is 4.32. The largest absolute Gasteiger partial charge is 1.00 e. The van der Waals surface area contributed by atoms with E-state index in [0.717, 1.165) is 5.56 Å². The quantitative estimate of drug-likeness (QED) is 0.627. The van der Waals surface area contributed by atoms with E-state index in [1.165, 1.54) is 12.3 Å². The van der Waals surface area contributed by atoms with Gasteiger partial charge in [0.05, 0.1) is 5.39 Å². The predicted octanol–water partition coefficient (Wildman–Crippen LogP) is -1.13. The van der Waals surface area contributed by atoms with Gasteiger partial charge in [-0.1, -0.05) is 6.92 Å². The van der Waals surface area contributed by atoms with Crippen LogP contribution in [0.2, 0.25) is 0 Å². The molecule has 0 saturated heterocycles. The summed E-state index contributed by atoms with van der Waals surface area (Å²) in [6.45, 7) is 1.92. The Morgan fingerprint density at radius 3 is 2.85 bits per heavy atom. The van der Waals surface area contributed by atoms with Crippen LogP contribution in [0, 0.1) is 0 Å². The van der Waals surface area contributed by atoms with Crippen LogP contribution in [0.1, 0.15) is 12.5 Å². The Hall–Kier alpha value is -2.27. The summed E-state index contributed by atoms with van der Waals surface area (Å²) >= 11 is 0. The van der Waals surface area contributed by atoms with E-state index in [-0.39, 0.29) is 23.6 Å². The van der Waals surface area contributed by atoms with E-state index in [4.69, 9.17) is 4.42 Å². The van der Waals surface area contributed by atoms with Crippen molar-refractivity contribution in [1.82, 2.24) is 4.98 Å². The fraction of sp³-hybridized carbons (Fsp3) is 0.143. The lowest BCUT2D eigenvalue weighted by Crippen LogP contribution is -3.00. The summed E-state index contributed by atoms with van der Waals surface area (Å²) in [5.41, 5.74) is 2.13. The van der Waals surface area contributed by atoms with E-state index in [1.807, 2.05) is 6.92 Å². The molecule has 1 aromatic carbocycles. The smallest absolute Gasteiger partial charge is 0.239 e. The van der Waals surface area contributed by atoms with Crippen molar-refractivity contribution in [3.8, 4) is 17.0 Å². The molecule has 20 heavy (non-hydrogen) atoms. The molecule has 0 unspecified atom stereocenters. The van der Waals surface area contributed by atoms with Crippen LogP contribution in [-0.4, -0.2) is 10.1 Å². The van der Waals surface area contributed by atoms with E-state index in [0.29, 0.717) is 28.6 Å². The molecule has 5 nitrogen and oxygen atoms in total. The van der Waals surface area contributed by atoms with Crippen molar-refractivity contribution in [1.29, 1.82) is 0 Å². The average molecular weight is 293 g/mol. The standard InChI is InChI=1S/C14H12N2O3.ClH/c1-2-8-3-9-13(4-12(8)17)19-6-10(14(9)18)11-5-15-7-16-11;/h3-7,17H,2H2,1H3,(H,15,16);1H. The molecule has 0 radical (unpaired) electrons. The van der Waals surface area contributed by atoms with Crippen LogP contribution in [-0.2, 0) is 6.42 Å². The Kier molecular flexibility index (Phi) is 3.81. The van der Waals surface area contributed by atoms with E-state index in [9.17, 15) is 9.90 Å². The van der Waals surface area contributed by atoms with Crippen molar-refractivity contribution in [2.45, 2.75) is 13.3 Å². The molecule has 0 atom stereocenters. The summed E-state index contributed by atoms with van der Waals surface area (Å²) < 4.78 is 5.43. The Morgan fingerprint density at radius 2 is 2.20 bits per heavy atom. The first-order chi connectivity index (χ1) is 9.20. The molecule has 3 aromatic rings. The highest BCUT2D eigenvalue weighted by Crippen LogP contribution is 2.25. The number of phenols is 1. The topological polar surface area (TPSA) is 80.4 Å². The molecule has 2 heterocycles. The highest BCUT2D eigenvalue weighted by Gasteiger charge is 2.14. The number of phenolic OH excluding ortho intramolecular Hbond substituents is 1. The third kappa shape index (κ3) is 2.16. The Labute approximate surface area is 120 Å². The number of rotatable bonds is 2. The number of imidazole rings is 1. The van der Waals surface area contributed by atoms with Crippen LogP contribution in [0.5, 0.6) is 5.75 Å². The summed E-state index contributed by atoms with van der Waals surface area (Å²) in [4.78, 5) is 18.2. The van der Waals surface area contributed by atoms with Crippen LogP contribution in [0.4, 0.5) is 0 Å². The van der Waals surface area contributed by atoms with Gasteiger partial charge in [-0.3, -0.25) is 4.79 Å². The minimum atomic E-state index is -0.119. The molecule has 0 aliphatic carbocycles. The van der Waals surface area contributed by atoms with Gasteiger partial charge < -0.3 is 21.9 Å². The Balaban J connectivity index is 0.00000147. The lowest BCUT2D eigenvalue weighted by Gasteiger charge is -2.04. The number of aryl methyl sites for hydroxylation is 1. The number of hydrogen-bond donors (Lipinski definition) is 2. The molecule has 0 aliphatic heterocycles. The summed E-state index contributed by atoms with van der Waals surface area (Å²) in [5.74, 6) is 0.152. The number of aromatic hydroxyl groups is 1. The van der Waals surface area contributed by atoms with Crippen LogP contribution in [0.15, 0.2) is 40.1 Å². The maximum Gasteiger partial charge on any atom is 0.239 e. The molecular weight excluding hydrogens is 280 g/mol. The first kappa shape index (κ1) is 14.1. The average Bonchev–Trinajstić information content (AvgIpc) is 2.92. The third-order valence-corrected chi connectivity index (χ3v) is 3.18. The van der Waals surface area contributed by atoms with Crippen molar-refractivity contribution in [3.63, 3.8) is 0 Å². The number of nitrogens with one attached hydrogen (secondary N) is 2. The molecule has 0 saturated carbocycles. The minimum absolute atomic E-state index is 0. The number of aromatic nitrogens is 2. The summed E-state index contributed by atoms with van der Waals surface area (Å²) in [7, 11) is 0. The van der Waals surface area contributed by atoms with Gasteiger partial charge in [0.2, 0.25) is 11.8 Å². The van der Waals surface area contributed by atoms with E-state index in [1.54, 1.807) is 18.6 Å². The molecule has 0 bridgehead atoms. The molecule has 0 fully saturated rings. The number of benzene rings is 1. The maximum atomic E-state index is 12.4. The highest BCUT2D eigenvalue weighted by atomic mass is 35.5. The van der Waals surface area contributed by atoms with Crippen LogP contribution >= 0.6 is 0 Å². The number of H-pyrrole nitrogens is 2. The van der Waals surface area contributed by atoms with Gasteiger partial charge in [-0.2, -0.15) is 0 Å². The summed E-state index contributed by atoms with van der Waals surface area (Å²) in [5, 5.41) is 10.3. The second kappa shape index (κ2) is 5.38. The number of fused-ring (bicyclic) bond motifs is 1. The molecule has 2 aromatic heterocycles. The zero-order chi connectivity index (χ0) is 13.4. The van der Waals surface area contributed by atoms with E-state index < -0.39 is 0 Å². The number of hydrogen-bond acceptors (Lipinski definition) is 3. The van der Waals surface area contributed by atoms with Gasteiger partial charge in [-0.15, -0.1) is 0 Å². The van der Waals surface area contributed by atoms with E-state index in [2.05, 4.69) is 9.97 Å². The van der Waals surface area contributed by atoms with Gasteiger partial charge in [0.1, 0.15) is 29.4 Å². The fourth-order valence-corrected chi connectivity index (χ4v) is 2.12. The normalized spacial score (nSPS) is 10.4. The van der Waals surface area contributed by atoms with Crippen LogP contribution in [0.3, 0.4) is 0 Å². The minimum Gasteiger partial charge on any atom is -1.00 e. The van der Waals surface area contributed by atoms with Crippen molar-refractivity contribution in [2.75, 3.05) is 0 Å². The third-order valence-electron chi connectivity index (χ3n) is 3.18. The molecule has 3 N–H and O–H groups in total. The summed E-state index contributed by atoms with van der Waals surface area (Å²) in [6.07, 6.45) is 5.38. The SMILES string of the molecule is CCc1cc2c(=O)c(-c3c[nH+]c[nH]3)coc2cc1O.[Cl-]. The van der Waals surface area contributed by atoms with Crippen molar-refractivity contribution in [3.05, 3.63) is 46.7 Å². The van der Waals surface area contributed by atoms with Gasteiger partial charge in [0, 0.05) is 6.07 Å². The fourth-order valence-electron chi connectivity index (χ4n) is 2.12. The zero-order valence-electron chi connectivity index (χ0n) is 10.7. The monoisotopic (exact) mass is 292 g/mol. The maximum absolute atomic E-state index is 12.4.